The molecule has 1 aliphatic heterocycles. The number of carbonyl (C=O) groups is 1. The van der Waals surface area contributed by atoms with Crippen LogP contribution in [0.25, 0.3) is 6.08 Å². The molecule has 2 heterocycles. The van der Waals surface area contributed by atoms with Gasteiger partial charge in [-0.2, -0.15) is 5.10 Å². The molecule has 0 bridgehead atoms. The van der Waals surface area contributed by atoms with E-state index in [1.165, 1.54) is 0 Å². The summed E-state index contributed by atoms with van der Waals surface area (Å²) < 4.78 is 10.7. The molecule has 0 unspecified atom stereocenters. The summed E-state index contributed by atoms with van der Waals surface area (Å²) >= 11 is 0. The van der Waals surface area contributed by atoms with E-state index in [2.05, 4.69) is 15.5 Å². The normalized spacial score (nSPS) is 15.6. The minimum absolute atomic E-state index is 0.206. The molecule has 112 valence electrons. The van der Waals surface area contributed by atoms with Crippen molar-refractivity contribution in [3.8, 4) is 11.5 Å². The van der Waals surface area contributed by atoms with E-state index in [9.17, 15) is 4.79 Å². The number of H-pyrrole nitrogens is 1. The Morgan fingerprint density at radius 1 is 1.18 bits per heavy atom. The molecule has 0 atom stereocenters. The van der Waals surface area contributed by atoms with Crippen molar-refractivity contribution in [2.24, 2.45) is 5.10 Å². The number of carbonyl (C=O) groups excluding carboxylic acids is 1. The third kappa shape index (κ3) is 3.01. The van der Waals surface area contributed by atoms with E-state index >= 15 is 0 Å². The summed E-state index contributed by atoms with van der Waals surface area (Å²) in [4.78, 5) is 14.9. The zero-order valence-corrected chi connectivity index (χ0v) is 12.0. The van der Waals surface area contributed by atoms with E-state index in [1.807, 2.05) is 24.3 Å². The number of nitrogens with one attached hydrogen (secondary N) is 2. The number of hydrogen-bond donors (Lipinski definition) is 2. The Hall–Kier alpha value is -3.02. The van der Waals surface area contributed by atoms with Crippen LogP contribution >= 0.6 is 0 Å². The molecule has 1 amide bonds. The van der Waals surface area contributed by atoms with Crippen molar-refractivity contribution in [2.45, 2.75) is 0 Å². The van der Waals surface area contributed by atoms with Gasteiger partial charge in [0, 0.05) is 11.9 Å². The predicted molar refractivity (Wildman–Crippen MR) is 82.8 cm³/mol. The topological polar surface area (TPSA) is 75.7 Å². The van der Waals surface area contributed by atoms with E-state index < -0.39 is 0 Å². The molecule has 0 radical (unpaired) electrons. The summed E-state index contributed by atoms with van der Waals surface area (Å²) in [6.07, 6.45) is 3.54. The molecule has 0 saturated heterocycles. The lowest BCUT2D eigenvalue weighted by atomic mass is 10.1. The van der Waals surface area contributed by atoms with Crippen molar-refractivity contribution in [2.75, 3.05) is 13.7 Å². The Kier molecular flexibility index (Phi) is 3.91. The average Bonchev–Trinajstić information content (AvgIpc) is 3.18. The van der Waals surface area contributed by atoms with Gasteiger partial charge in [0.25, 0.3) is 5.91 Å². The Morgan fingerprint density at radius 3 is 2.64 bits per heavy atom. The van der Waals surface area contributed by atoms with Gasteiger partial charge in [-0.1, -0.05) is 0 Å². The minimum atomic E-state index is -0.233. The number of benzene rings is 1. The van der Waals surface area contributed by atoms with Gasteiger partial charge in [0.1, 0.15) is 23.8 Å². The highest BCUT2D eigenvalue weighted by atomic mass is 16.5. The lowest BCUT2D eigenvalue weighted by Gasteiger charge is -2.07. The minimum Gasteiger partial charge on any atom is -0.497 e. The highest BCUT2D eigenvalue weighted by Gasteiger charge is 2.23. The SMILES string of the molecule is COc1ccc(OCC2=NNC(=O)/C2=C/c2ccc[nH]2)cc1. The van der Waals surface area contributed by atoms with Crippen molar-refractivity contribution in [3.63, 3.8) is 0 Å². The Balaban J connectivity index is 1.69. The first-order valence-corrected chi connectivity index (χ1v) is 6.75. The lowest BCUT2D eigenvalue weighted by molar-refractivity contribution is -0.116. The summed E-state index contributed by atoms with van der Waals surface area (Å²) in [6, 6.07) is 11.0. The van der Waals surface area contributed by atoms with Crippen molar-refractivity contribution in [1.29, 1.82) is 0 Å². The molecule has 1 aromatic carbocycles. The number of hydrogen-bond acceptors (Lipinski definition) is 4. The first-order chi connectivity index (χ1) is 10.8. The molecule has 0 fully saturated rings. The highest BCUT2D eigenvalue weighted by molar-refractivity contribution is 6.27. The fraction of sp³-hybridized carbons (Fsp3) is 0.125. The number of hydrazone groups is 1. The number of amides is 1. The Labute approximate surface area is 127 Å². The second-order valence-corrected chi connectivity index (χ2v) is 4.65. The second kappa shape index (κ2) is 6.17. The van der Waals surface area contributed by atoms with Gasteiger partial charge >= 0.3 is 0 Å². The van der Waals surface area contributed by atoms with Gasteiger partial charge < -0.3 is 14.5 Å². The number of nitrogens with zero attached hydrogens (tertiary/aromatic N) is 1. The van der Waals surface area contributed by atoms with Crippen LogP contribution in [0.2, 0.25) is 0 Å². The van der Waals surface area contributed by atoms with Crippen molar-refractivity contribution in [3.05, 3.63) is 53.9 Å². The summed E-state index contributed by atoms with van der Waals surface area (Å²) in [5, 5.41) is 4.01. The maximum absolute atomic E-state index is 11.8. The van der Waals surface area contributed by atoms with Gasteiger partial charge in [-0.25, -0.2) is 5.43 Å². The smallest absolute Gasteiger partial charge is 0.273 e. The number of rotatable bonds is 5. The van der Waals surface area contributed by atoms with Crippen LogP contribution in [0.4, 0.5) is 0 Å². The van der Waals surface area contributed by atoms with Crippen LogP contribution in [0, 0.1) is 0 Å². The fourth-order valence-electron chi connectivity index (χ4n) is 2.04. The van der Waals surface area contributed by atoms with E-state index in [0.717, 1.165) is 11.4 Å². The summed E-state index contributed by atoms with van der Waals surface area (Å²) in [7, 11) is 1.61. The Morgan fingerprint density at radius 2 is 1.95 bits per heavy atom. The van der Waals surface area contributed by atoms with Gasteiger partial charge in [0.2, 0.25) is 0 Å². The molecule has 2 aromatic rings. The van der Waals surface area contributed by atoms with E-state index in [0.29, 0.717) is 17.0 Å². The third-order valence-corrected chi connectivity index (χ3v) is 3.20. The zero-order chi connectivity index (χ0) is 15.4. The molecular weight excluding hydrogens is 282 g/mol. The third-order valence-electron chi connectivity index (χ3n) is 3.20. The molecule has 1 aliphatic rings. The van der Waals surface area contributed by atoms with Crippen LogP contribution in [0.5, 0.6) is 11.5 Å². The van der Waals surface area contributed by atoms with Crippen LogP contribution in [0.3, 0.4) is 0 Å². The molecule has 6 nitrogen and oxygen atoms in total. The van der Waals surface area contributed by atoms with Crippen molar-refractivity contribution < 1.29 is 14.3 Å². The van der Waals surface area contributed by atoms with E-state index in [-0.39, 0.29) is 12.5 Å². The summed E-state index contributed by atoms with van der Waals surface area (Å²) in [6.45, 7) is 0.206. The molecule has 0 aliphatic carbocycles. The van der Waals surface area contributed by atoms with Crippen LogP contribution in [-0.4, -0.2) is 30.3 Å². The van der Waals surface area contributed by atoms with Crippen LogP contribution < -0.4 is 14.9 Å². The van der Waals surface area contributed by atoms with E-state index in [4.69, 9.17) is 9.47 Å². The van der Waals surface area contributed by atoms with Crippen LogP contribution in [0.15, 0.2) is 53.3 Å². The molecule has 2 N–H and O–H groups in total. The largest absolute Gasteiger partial charge is 0.497 e. The van der Waals surface area contributed by atoms with Gasteiger partial charge in [-0.3, -0.25) is 4.79 Å². The highest BCUT2D eigenvalue weighted by Crippen LogP contribution is 2.18. The number of aromatic amines is 1. The quantitative estimate of drug-likeness (QED) is 0.828. The molecule has 3 rings (SSSR count). The van der Waals surface area contributed by atoms with Gasteiger partial charge in [0.15, 0.2) is 0 Å². The molecule has 6 heteroatoms. The lowest BCUT2D eigenvalue weighted by Crippen LogP contribution is -2.16. The number of aromatic nitrogens is 1. The van der Waals surface area contributed by atoms with Gasteiger partial charge in [-0.15, -0.1) is 0 Å². The standard InChI is InChI=1S/C16H15N3O3/c1-21-12-4-6-13(7-5-12)22-10-15-14(16(20)19-18-15)9-11-3-2-8-17-11/h2-9,17H,10H2,1H3,(H,19,20)/b14-9+. The van der Waals surface area contributed by atoms with Crippen LogP contribution in [0.1, 0.15) is 5.69 Å². The molecule has 22 heavy (non-hydrogen) atoms. The molecular formula is C16H15N3O3. The zero-order valence-electron chi connectivity index (χ0n) is 12.0. The Bertz CT molecular complexity index is 716. The first-order valence-electron chi connectivity index (χ1n) is 6.75. The van der Waals surface area contributed by atoms with Crippen molar-refractivity contribution >= 4 is 17.7 Å². The molecule has 0 saturated carbocycles. The number of ether oxygens (including phenoxy) is 2. The first kappa shape index (κ1) is 13.9. The van der Waals surface area contributed by atoms with Crippen molar-refractivity contribution in [1.82, 2.24) is 10.4 Å². The average molecular weight is 297 g/mol. The molecule has 0 spiro atoms. The maximum atomic E-state index is 11.8. The number of methoxy groups -OCH3 is 1. The van der Waals surface area contributed by atoms with Gasteiger partial charge in [-0.05, 0) is 42.5 Å². The predicted octanol–water partition coefficient (Wildman–Crippen LogP) is 1.97. The summed E-state index contributed by atoms with van der Waals surface area (Å²) in [5.74, 6) is 1.21. The fourth-order valence-corrected chi connectivity index (χ4v) is 2.04. The summed E-state index contributed by atoms with van der Waals surface area (Å²) in [5.41, 5.74) is 4.35. The maximum Gasteiger partial charge on any atom is 0.273 e. The monoisotopic (exact) mass is 297 g/mol. The van der Waals surface area contributed by atoms with E-state index in [1.54, 1.807) is 31.5 Å². The second-order valence-electron chi connectivity index (χ2n) is 4.65. The van der Waals surface area contributed by atoms with Crippen LogP contribution in [-0.2, 0) is 4.79 Å². The van der Waals surface area contributed by atoms with Gasteiger partial charge in [0.05, 0.1) is 12.7 Å². The molecule has 1 aromatic heterocycles.